The smallest absolute Gasteiger partial charge is 0.280 e. The molecule has 7 nitrogen and oxygen atoms in total. The van der Waals surface area contributed by atoms with Gasteiger partial charge in [0, 0.05) is 17.5 Å². The fourth-order valence-electron chi connectivity index (χ4n) is 3.43. The van der Waals surface area contributed by atoms with E-state index >= 15 is 0 Å². The summed E-state index contributed by atoms with van der Waals surface area (Å²) in [6, 6.07) is 10.2. The van der Waals surface area contributed by atoms with Gasteiger partial charge in [0.05, 0.1) is 22.0 Å². The molecule has 0 radical (unpaired) electrons. The molecule has 0 spiro atoms. The van der Waals surface area contributed by atoms with Crippen molar-refractivity contribution in [3.05, 3.63) is 62.4 Å². The predicted octanol–water partition coefficient (Wildman–Crippen LogP) is 5.14. The van der Waals surface area contributed by atoms with Crippen LogP contribution in [0.15, 0.2) is 42.6 Å². The molecule has 4 aromatic rings. The number of halogens is 3. The highest BCUT2D eigenvalue weighted by Gasteiger charge is 2.24. The Morgan fingerprint density at radius 1 is 1.27 bits per heavy atom. The molecule has 0 atom stereocenters. The van der Waals surface area contributed by atoms with E-state index in [1.807, 2.05) is 6.92 Å². The fraction of sp³-hybridized carbons (Fsp3) is 0.182. The second-order valence-corrected chi connectivity index (χ2v) is 9.37. The summed E-state index contributed by atoms with van der Waals surface area (Å²) < 4.78 is 29.8. The molecule has 3 N–H and O–H groups in total. The van der Waals surface area contributed by atoms with Gasteiger partial charge in [-0.3, -0.25) is 14.3 Å². The van der Waals surface area contributed by atoms with Crippen LogP contribution in [0.4, 0.5) is 14.5 Å². The number of fused-ring (bicyclic) bond motifs is 1. The number of hydrogen-bond donors (Lipinski definition) is 2. The van der Waals surface area contributed by atoms with Crippen molar-refractivity contribution >= 4 is 61.6 Å². The van der Waals surface area contributed by atoms with Crippen LogP contribution in [0.5, 0.6) is 0 Å². The van der Waals surface area contributed by atoms with Crippen molar-refractivity contribution in [2.24, 2.45) is 5.73 Å². The zero-order valence-corrected chi connectivity index (χ0v) is 20.3. The van der Waals surface area contributed by atoms with E-state index in [1.54, 1.807) is 41.2 Å². The van der Waals surface area contributed by atoms with Crippen LogP contribution in [0, 0.1) is 10.5 Å². The molecule has 1 aromatic carbocycles. The van der Waals surface area contributed by atoms with E-state index in [0.717, 1.165) is 20.6 Å². The number of nitrogens with one attached hydrogen (secondary N) is 1. The van der Waals surface area contributed by atoms with Crippen molar-refractivity contribution in [3.8, 4) is 11.1 Å². The molecule has 0 unspecified atom stereocenters. The monoisotopic (exact) mass is 581 g/mol. The Bertz CT molecular complexity index is 1350. The van der Waals surface area contributed by atoms with E-state index in [-0.39, 0.29) is 27.7 Å². The maximum Gasteiger partial charge on any atom is 0.280 e. The number of anilines is 1. The minimum absolute atomic E-state index is 0.0549. The molecule has 0 aliphatic carbocycles. The first kappa shape index (κ1) is 23.2. The van der Waals surface area contributed by atoms with Crippen molar-refractivity contribution in [2.75, 3.05) is 5.32 Å². The molecule has 0 saturated carbocycles. The molecule has 4 rings (SSSR count). The Morgan fingerprint density at radius 2 is 2.00 bits per heavy atom. The maximum absolute atomic E-state index is 13.5. The van der Waals surface area contributed by atoms with Gasteiger partial charge in [-0.05, 0) is 46.7 Å². The summed E-state index contributed by atoms with van der Waals surface area (Å²) in [6.07, 6.45) is -0.990. The molecular weight excluding hydrogens is 563 g/mol. The van der Waals surface area contributed by atoms with Crippen molar-refractivity contribution in [1.82, 2.24) is 14.8 Å². The van der Waals surface area contributed by atoms with Crippen molar-refractivity contribution < 1.29 is 18.4 Å². The highest BCUT2D eigenvalue weighted by Crippen LogP contribution is 2.42. The minimum atomic E-state index is -2.80. The highest BCUT2D eigenvalue weighted by molar-refractivity contribution is 14.1. The second-order valence-electron chi connectivity index (χ2n) is 7.21. The van der Waals surface area contributed by atoms with Gasteiger partial charge in [-0.15, -0.1) is 11.3 Å². The van der Waals surface area contributed by atoms with Gasteiger partial charge >= 0.3 is 0 Å². The first-order valence-electron chi connectivity index (χ1n) is 9.84. The summed E-state index contributed by atoms with van der Waals surface area (Å²) in [4.78, 5) is 29.2. The zero-order chi connectivity index (χ0) is 23.7. The standard InChI is InChI=1S/C22H18F2IN5O2S/c1-11-14(25)10-27-30(11)8-7-16(31)29-18-17-13(12-5-3-2-4-6-12)9-15(20(23)24)28-22(17)33-19(18)21(26)32/h2-6,9-10,20H,7-8H2,1H3,(H2,26,32)(H,29,31). The van der Waals surface area contributed by atoms with Gasteiger partial charge < -0.3 is 11.1 Å². The number of aryl methyl sites for hydroxylation is 1. The highest BCUT2D eigenvalue weighted by atomic mass is 127. The van der Waals surface area contributed by atoms with E-state index in [1.165, 1.54) is 6.07 Å². The molecule has 0 saturated heterocycles. The number of carbonyl (C=O) groups is 2. The molecular formula is C22H18F2IN5O2S. The van der Waals surface area contributed by atoms with E-state index < -0.39 is 18.0 Å². The molecule has 3 aromatic heterocycles. The summed E-state index contributed by atoms with van der Waals surface area (Å²) in [5.41, 5.74) is 7.36. The third-order valence-corrected chi connectivity index (χ3v) is 7.23. The van der Waals surface area contributed by atoms with E-state index in [9.17, 15) is 18.4 Å². The van der Waals surface area contributed by atoms with Crippen molar-refractivity contribution in [1.29, 1.82) is 0 Å². The topological polar surface area (TPSA) is 103 Å². The Kier molecular flexibility index (Phi) is 6.70. The van der Waals surface area contributed by atoms with Gasteiger partial charge in [0.15, 0.2) is 0 Å². The first-order valence-corrected chi connectivity index (χ1v) is 11.7. The Balaban J connectivity index is 1.77. The van der Waals surface area contributed by atoms with Crippen molar-refractivity contribution in [3.63, 3.8) is 0 Å². The zero-order valence-electron chi connectivity index (χ0n) is 17.3. The lowest BCUT2D eigenvalue weighted by molar-refractivity contribution is -0.116. The van der Waals surface area contributed by atoms with Gasteiger partial charge in [-0.25, -0.2) is 13.8 Å². The average Bonchev–Trinajstić information content (AvgIpc) is 3.32. The number of hydrogen-bond acceptors (Lipinski definition) is 5. The molecule has 11 heteroatoms. The average molecular weight is 581 g/mol. The summed E-state index contributed by atoms with van der Waals surface area (Å²) in [5.74, 6) is -1.14. The third-order valence-electron chi connectivity index (χ3n) is 5.07. The summed E-state index contributed by atoms with van der Waals surface area (Å²) in [6.45, 7) is 2.25. The molecule has 2 amide bonds. The number of primary amides is 1. The molecule has 33 heavy (non-hydrogen) atoms. The molecule has 170 valence electrons. The van der Waals surface area contributed by atoms with E-state index in [0.29, 0.717) is 23.1 Å². The number of pyridine rings is 1. The van der Waals surface area contributed by atoms with Crippen LogP contribution in [0.2, 0.25) is 0 Å². The van der Waals surface area contributed by atoms with Crippen LogP contribution < -0.4 is 11.1 Å². The number of nitrogens with zero attached hydrogens (tertiary/aromatic N) is 3. The number of amides is 2. The Morgan fingerprint density at radius 3 is 2.61 bits per heavy atom. The molecule has 0 bridgehead atoms. The van der Waals surface area contributed by atoms with Crippen LogP contribution >= 0.6 is 33.9 Å². The van der Waals surface area contributed by atoms with Gasteiger partial charge in [-0.1, -0.05) is 30.3 Å². The SMILES string of the molecule is Cc1c(I)cnn1CCC(=O)Nc1c(C(N)=O)sc2nc(C(F)F)cc(-c3ccccc3)c12. The summed E-state index contributed by atoms with van der Waals surface area (Å²) >= 11 is 3.05. The van der Waals surface area contributed by atoms with Crippen molar-refractivity contribution in [2.45, 2.75) is 26.3 Å². The summed E-state index contributed by atoms with van der Waals surface area (Å²) in [5, 5.41) is 7.41. The predicted molar refractivity (Wildman–Crippen MR) is 131 cm³/mol. The van der Waals surface area contributed by atoms with Gasteiger partial charge in [0.2, 0.25) is 5.91 Å². The molecule has 0 fully saturated rings. The Labute approximate surface area is 205 Å². The lowest BCUT2D eigenvalue weighted by Crippen LogP contribution is -2.18. The van der Waals surface area contributed by atoms with Crippen LogP contribution in [0.1, 0.15) is 33.9 Å². The van der Waals surface area contributed by atoms with Gasteiger partial charge in [-0.2, -0.15) is 5.10 Å². The van der Waals surface area contributed by atoms with Crippen LogP contribution in [0.25, 0.3) is 21.3 Å². The lowest BCUT2D eigenvalue weighted by atomic mass is 10.0. The largest absolute Gasteiger partial charge is 0.365 e. The van der Waals surface area contributed by atoms with Gasteiger partial charge in [0.1, 0.15) is 15.4 Å². The molecule has 0 aliphatic heterocycles. The fourth-order valence-corrected chi connectivity index (χ4v) is 4.84. The number of alkyl halides is 2. The van der Waals surface area contributed by atoms with Gasteiger partial charge in [0.25, 0.3) is 12.3 Å². The van der Waals surface area contributed by atoms with Crippen LogP contribution in [0.3, 0.4) is 0 Å². The Hall–Kier alpha value is -2.93. The quantitative estimate of drug-likeness (QED) is 0.295. The second kappa shape index (κ2) is 9.51. The normalized spacial score (nSPS) is 11.3. The van der Waals surface area contributed by atoms with Crippen LogP contribution in [-0.2, 0) is 11.3 Å². The number of thiophene rings is 1. The summed E-state index contributed by atoms with van der Waals surface area (Å²) in [7, 11) is 0. The molecule has 3 heterocycles. The number of aromatic nitrogens is 3. The maximum atomic E-state index is 13.5. The number of carbonyl (C=O) groups excluding carboxylic acids is 2. The first-order chi connectivity index (χ1) is 15.8. The minimum Gasteiger partial charge on any atom is -0.365 e. The van der Waals surface area contributed by atoms with E-state index in [4.69, 9.17) is 5.73 Å². The van der Waals surface area contributed by atoms with Crippen LogP contribution in [-0.4, -0.2) is 26.6 Å². The number of nitrogens with two attached hydrogens (primary N) is 1. The lowest BCUT2D eigenvalue weighted by Gasteiger charge is -2.11. The third kappa shape index (κ3) is 4.74. The van der Waals surface area contributed by atoms with E-state index in [2.05, 4.69) is 38.0 Å². The number of benzene rings is 1. The molecule has 0 aliphatic rings. The number of rotatable bonds is 7.